The van der Waals surface area contributed by atoms with Gasteiger partial charge in [0.25, 0.3) is 5.91 Å². The summed E-state index contributed by atoms with van der Waals surface area (Å²) in [4.78, 5) is 26.9. The molecule has 3 heterocycles. The van der Waals surface area contributed by atoms with Crippen molar-refractivity contribution in [1.82, 2.24) is 15.0 Å². The Bertz CT molecular complexity index is 1060. The highest BCUT2D eigenvalue weighted by molar-refractivity contribution is 7.13. The molecule has 4 rings (SSSR count). The number of amides is 1. The molecule has 0 aliphatic carbocycles. The van der Waals surface area contributed by atoms with Gasteiger partial charge in [-0.3, -0.25) is 9.78 Å². The standard InChI is InChI=1S/C21H16N4OS/c1-14-17(9-10-18(24-14)19-8-5-11-27-19)21(26)25-16-12-22-20(23-13-16)15-6-3-2-4-7-15/h2-13H,1H3,(H,25,26). The Morgan fingerprint density at radius 3 is 2.41 bits per heavy atom. The van der Waals surface area contributed by atoms with Crippen LogP contribution in [0.25, 0.3) is 22.0 Å². The van der Waals surface area contributed by atoms with Gasteiger partial charge in [0, 0.05) is 5.56 Å². The molecule has 4 aromatic rings. The molecule has 3 aromatic heterocycles. The van der Waals surface area contributed by atoms with E-state index in [9.17, 15) is 4.79 Å². The van der Waals surface area contributed by atoms with Gasteiger partial charge in [0.15, 0.2) is 5.82 Å². The lowest BCUT2D eigenvalue weighted by molar-refractivity contribution is 0.102. The lowest BCUT2D eigenvalue weighted by Gasteiger charge is -2.08. The Labute approximate surface area is 160 Å². The monoisotopic (exact) mass is 372 g/mol. The molecule has 132 valence electrons. The van der Waals surface area contributed by atoms with E-state index in [2.05, 4.69) is 20.3 Å². The number of hydrogen-bond donors (Lipinski definition) is 1. The number of rotatable bonds is 4. The molecule has 0 aliphatic rings. The van der Waals surface area contributed by atoms with Gasteiger partial charge in [0.05, 0.1) is 39.9 Å². The van der Waals surface area contributed by atoms with E-state index in [1.807, 2.05) is 60.8 Å². The summed E-state index contributed by atoms with van der Waals surface area (Å²) in [6.45, 7) is 1.83. The highest BCUT2D eigenvalue weighted by Gasteiger charge is 2.13. The molecular formula is C21H16N4OS. The quantitative estimate of drug-likeness (QED) is 0.557. The predicted octanol–water partition coefficient (Wildman–Crippen LogP) is 4.83. The molecule has 1 N–H and O–H groups in total. The minimum atomic E-state index is -0.228. The molecule has 0 saturated carbocycles. The van der Waals surface area contributed by atoms with Gasteiger partial charge in [0.2, 0.25) is 0 Å². The van der Waals surface area contributed by atoms with E-state index in [0.717, 1.165) is 16.1 Å². The zero-order valence-corrected chi connectivity index (χ0v) is 15.4. The minimum Gasteiger partial charge on any atom is -0.319 e. The molecule has 1 aromatic carbocycles. The lowest BCUT2D eigenvalue weighted by atomic mass is 10.1. The Balaban J connectivity index is 1.51. The summed E-state index contributed by atoms with van der Waals surface area (Å²) >= 11 is 1.62. The minimum absolute atomic E-state index is 0.228. The number of benzene rings is 1. The van der Waals surface area contributed by atoms with Crippen LogP contribution in [0.5, 0.6) is 0 Å². The van der Waals surface area contributed by atoms with Crippen LogP contribution in [0.4, 0.5) is 5.69 Å². The molecule has 0 unspecified atom stereocenters. The molecule has 0 atom stereocenters. The largest absolute Gasteiger partial charge is 0.319 e. The zero-order valence-electron chi connectivity index (χ0n) is 14.6. The number of aromatic nitrogens is 3. The summed E-state index contributed by atoms with van der Waals surface area (Å²) in [5.41, 5.74) is 3.55. The van der Waals surface area contributed by atoms with Crippen molar-refractivity contribution in [3.63, 3.8) is 0 Å². The summed E-state index contributed by atoms with van der Waals surface area (Å²) in [5, 5.41) is 4.84. The fourth-order valence-electron chi connectivity index (χ4n) is 2.69. The SMILES string of the molecule is Cc1nc(-c2cccs2)ccc1C(=O)Nc1cnc(-c2ccccc2)nc1. The van der Waals surface area contributed by atoms with Crippen molar-refractivity contribution in [3.8, 4) is 22.0 Å². The van der Waals surface area contributed by atoms with Gasteiger partial charge in [0.1, 0.15) is 0 Å². The van der Waals surface area contributed by atoms with Crippen LogP contribution in [0.1, 0.15) is 16.1 Å². The third-order valence-electron chi connectivity index (χ3n) is 4.05. The number of anilines is 1. The Morgan fingerprint density at radius 2 is 1.74 bits per heavy atom. The number of hydrogen-bond acceptors (Lipinski definition) is 5. The van der Waals surface area contributed by atoms with E-state index in [-0.39, 0.29) is 5.91 Å². The molecule has 0 aliphatic heterocycles. The predicted molar refractivity (Wildman–Crippen MR) is 108 cm³/mol. The van der Waals surface area contributed by atoms with Gasteiger partial charge in [-0.2, -0.15) is 0 Å². The van der Waals surface area contributed by atoms with Crippen LogP contribution in [-0.2, 0) is 0 Å². The molecule has 5 nitrogen and oxygen atoms in total. The van der Waals surface area contributed by atoms with Crippen molar-refractivity contribution in [1.29, 1.82) is 0 Å². The number of aryl methyl sites for hydroxylation is 1. The molecular weight excluding hydrogens is 356 g/mol. The summed E-state index contributed by atoms with van der Waals surface area (Å²) < 4.78 is 0. The van der Waals surface area contributed by atoms with Crippen LogP contribution in [0.2, 0.25) is 0 Å². The Hall–Kier alpha value is -3.38. The maximum absolute atomic E-state index is 12.6. The van der Waals surface area contributed by atoms with E-state index < -0.39 is 0 Å². The van der Waals surface area contributed by atoms with Crippen LogP contribution in [0, 0.1) is 6.92 Å². The van der Waals surface area contributed by atoms with Crippen LogP contribution in [0.3, 0.4) is 0 Å². The number of nitrogens with zero attached hydrogens (tertiary/aromatic N) is 3. The van der Waals surface area contributed by atoms with Gasteiger partial charge in [-0.05, 0) is 30.5 Å². The number of thiophene rings is 1. The van der Waals surface area contributed by atoms with Gasteiger partial charge in [-0.1, -0.05) is 36.4 Å². The molecule has 0 radical (unpaired) electrons. The third-order valence-corrected chi connectivity index (χ3v) is 4.94. The topological polar surface area (TPSA) is 67.8 Å². The van der Waals surface area contributed by atoms with Crippen LogP contribution >= 0.6 is 11.3 Å². The van der Waals surface area contributed by atoms with Crippen molar-refractivity contribution in [2.75, 3.05) is 5.32 Å². The van der Waals surface area contributed by atoms with Crippen molar-refractivity contribution in [3.05, 3.63) is 83.6 Å². The van der Waals surface area contributed by atoms with Crippen molar-refractivity contribution in [2.45, 2.75) is 6.92 Å². The van der Waals surface area contributed by atoms with E-state index in [4.69, 9.17) is 0 Å². The Kier molecular flexibility index (Phi) is 4.72. The first-order valence-corrected chi connectivity index (χ1v) is 9.29. The molecule has 0 bridgehead atoms. The first-order valence-electron chi connectivity index (χ1n) is 8.41. The third kappa shape index (κ3) is 3.75. The smallest absolute Gasteiger partial charge is 0.257 e. The second kappa shape index (κ2) is 7.47. The van der Waals surface area contributed by atoms with Crippen LogP contribution < -0.4 is 5.32 Å². The van der Waals surface area contributed by atoms with Crippen molar-refractivity contribution in [2.24, 2.45) is 0 Å². The second-order valence-electron chi connectivity index (χ2n) is 5.92. The highest BCUT2D eigenvalue weighted by Crippen LogP contribution is 2.24. The second-order valence-corrected chi connectivity index (χ2v) is 6.87. The number of nitrogens with one attached hydrogen (secondary N) is 1. The maximum atomic E-state index is 12.6. The first kappa shape index (κ1) is 17.1. The lowest BCUT2D eigenvalue weighted by Crippen LogP contribution is -2.14. The summed E-state index contributed by atoms with van der Waals surface area (Å²) in [7, 11) is 0. The van der Waals surface area contributed by atoms with Crippen molar-refractivity contribution < 1.29 is 4.79 Å². The van der Waals surface area contributed by atoms with E-state index in [1.54, 1.807) is 29.8 Å². The van der Waals surface area contributed by atoms with Gasteiger partial charge < -0.3 is 5.32 Å². The Morgan fingerprint density at radius 1 is 0.963 bits per heavy atom. The number of pyridine rings is 1. The number of carbonyl (C=O) groups is 1. The van der Waals surface area contributed by atoms with Crippen molar-refractivity contribution >= 4 is 22.9 Å². The average Bonchev–Trinajstić information content (AvgIpc) is 3.24. The molecule has 0 spiro atoms. The summed E-state index contributed by atoms with van der Waals surface area (Å²) in [6, 6.07) is 17.4. The highest BCUT2D eigenvalue weighted by atomic mass is 32.1. The normalized spacial score (nSPS) is 10.6. The fraction of sp³-hybridized carbons (Fsp3) is 0.0476. The molecule has 0 saturated heterocycles. The van der Waals surface area contributed by atoms with Gasteiger partial charge in [-0.25, -0.2) is 9.97 Å². The van der Waals surface area contributed by atoms with Crippen LogP contribution in [-0.4, -0.2) is 20.9 Å². The summed E-state index contributed by atoms with van der Waals surface area (Å²) in [5.74, 6) is 0.389. The molecule has 6 heteroatoms. The average molecular weight is 372 g/mol. The first-order chi connectivity index (χ1) is 13.2. The van der Waals surface area contributed by atoms with Gasteiger partial charge >= 0.3 is 0 Å². The molecule has 0 fully saturated rings. The molecule has 27 heavy (non-hydrogen) atoms. The zero-order chi connectivity index (χ0) is 18.6. The fourth-order valence-corrected chi connectivity index (χ4v) is 3.39. The van der Waals surface area contributed by atoms with E-state index >= 15 is 0 Å². The van der Waals surface area contributed by atoms with Crippen LogP contribution in [0.15, 0.2) is 72.4 Å². The summed E-state index contributed by atoms with van der Waals surface area (Å²) in [6.07, 6.45) is 3.21. The van der Waals surface area contributed by atoms with E-state index in [1.165, 1.54) is 0 Å². The van der Waals surface area contributed by atoms with E-state index in [0.29, 0.717) is 22.8 Å². The number of carbonyl (C=O) groups excluding carboxylic acids is 1. The van der Waals surface area contributed by atoms with Gasteiger partial charge in [-0.15, -0.1) is 11.3 Å². The maximum Gasteiger partial charge on any atom is 0.257 e. The molecule has 1 amide bonds.